The number of methoxy groups -OCH3 is 1. The Kier molecular flexibility index (Phi) is 3.68. The summed E-state index contributed by atoms with van der Waals surface area (Å²) in [5, 5.41) is 0.996. The summed E-state index contributed by atoms with van der Waals surface area (Å²) in [4.78, 5) is 9.55. The van der Waals surface area contributed by atoms with Crippen molar-refractivity contribution in [2.24, 2.45) is 5.84 Å². The smallest absolute Gasteiger partial charge is 0.142 e. The molecule has 0 fully saturated rings. The van der Waals surface area contributed by atoms with Crippen LogP contribution in [0.5, 0.6) is 5.75 Å². The molecule has 5 nitrogen and oxygen atoms in total. The van der Waals surface area contributed by atoms with Crippen molar-refractivity contribution in [3.63, 3.8) is 0 Å². The van der Waals surface area contributed by atoms with Crippen LogP contribution < -0.4 is 16.0 Å². The molecule has 90 valence electrons. The highest BCUT2D eigenvalue weighted by Crippen LogP contribution is 2.30. The third-order valence-electron chi connectivity index (χ3n) is 2.38. The molecule has 0 aliphatic rings. The molecule has 0 aliphatic carbocycles. The highest BCUT2D eigenvalue weighted by Gasteiger charge is 2.20. The average Bonchev–Trinajstić information content (AvgIpc) is 2.77. The van der Waals surface area contributed by atoms with E-state index in [1.165, 1.54) is 0 Å². The van der Waals surface area contributed by atoms with Gasteiger partial charge >= 0.3 is 0 Å². The van der Waals surface area contributed by atoms with Gasteiger partial charge in [-0.05, 0) is 19.1 Å². The van der Waals surface area contributed by atoms with Gasteiger partial charge in [-0.2, -0.15) is 0 Å². The Labute approximate surface area is 104 Å². The maximum Gasteiger partial charge on any atom is 0.142 e. The Morgan fingerprint density at radius 1 is 1.47 bits per heavy atom. The van der Waals surface area contributed by atoms with Gasteiger partial charge in [0.05, 0.1) is 12.1 Å². The fourth-order valence-corrected chi connectivity index (χ4v) is 2.45. The van der Waals surface area contributed by atoms with Crippen molar-refractivity contribution in [1.29, 1.82) is 0 Å². The van der Waals surface area contributed by atoms with Crippen LogP contribution in [0.3, 0.4) is 0 Å². The molecule has 0 aromatic carbocycles. The van der Waals surface area contributed by atoms with Crippen LogP contribution in [0.2, 0.25) is 0 Å². The second kappa shape index (κ2) is 5.22. The minimum atomic E-state index is -0.197. The molecule has 0 spiro atoms. The molecule has 0 amide bonds. The van der Waals surface area contributed by atoms with Crippen LogP contribution in [0, 0.1) is 6.92 Å². The molecular weight excluding hydrogens is 236 g/mol. The molecule has 0 aliphatic heterocycles. The second-order valence-corrected chi connectivity index (χ2v) is 4.74. The number of hydrazine groups is 1. The van der Waals surface area contributed by atoms with Crippen LogP contribution in [0.1, 0.15) is 21.6 Å². The molecule has 17 heavy (non-hydrogen) atoms. The molecule has 6 heteroatoms. The van der Waals surface area contributed by atoms with Gasteiger partial charge in [-0.1, -0.05) is 0 Å². The number of thiazole rings is 1. The maximum atomic E-state index is 5.60. The zero-order valence-electron chi connectivity index (χ0n) is 9.68. The van der Waals surface area contributed by atoms with Gasteiger partial charge in [0.1, 0.15) is 17.5 Å². The first-order chi connectivity index (χ1) is 8.26. The van der Waals surface area contributed by atoms with Gasteiger partial charge in [-0.25, -0.2) is 10.4 Å². The van der Waals surface area contributed by atoms with Gasteiger partial charge in [-0.3, -0.25) is 10.8 Å². The van der Waals surface area contributed by atoms with Gasteiger partial charge in [0.15, 0.2) is 0 Å². The van der Waals surface area contributed by atoms with Crippen molar-refractivity contribution < 1.29 is 4.74 Å². The Morgan fingerprint density at radius 2 is 2.29 bits per heavy atom. The zero-order chi connectivity index (χ0) is 12.3. The number of nitrogens with one attached hydrogen (secondary N) is 1. The lowest BCUT2D eigenvalue weighted by molar-refractivity contribution is 0.400. The van der Waals surface area contributed by atoms with Crippen molar-refractivity contribution in [3.05, 3.63) is 40.1 Å². The molecule has 2 heterocycles. The summed E-state index contributed by atoms with van der Waals surface area (Å²) < 4.78 is 5.28. The van der Waals surface area contributed by atoms with E-state index in [4.69, 9.17) is 10.6 Å². The molecule has 3 N–H and O–H groups in total. The lowest BCUT2D eigenvalue weighted by Crippen LogP contribution is -2.29. The van der Waals surface area contributed by atoms with E-state index >= 15 is 0 Å². The molecule has 1 atom stereocenters. The number of aryl methyl sites for hydroxylation is 1. The van der Waals surface area contributed by atoms with Crippen molar-refractivity contribution in [2.45, 2.75) is 13.0 Å². The summed E-state index contributed by atoms with van der Waals surface area (Å²) in [5.74, 6) is 6.31. The Hall–Kier alpha value is -1.50. The minimum absolute atomic E-state index is 0.197. The van der Waals surface area contributed by atoms with Gasteiger partial charge in [0, 0.05) is 17.3 Å². The van der Waals surface area contributed by atoms with Crippen molar-refractivity contribution in [2.75, 3.05) is 7.11 Å². The summed E-state index contributed by atoms with van der Waals surface area (Å²) in [5.41, 5.74) is 3.52. The Morgan fingerprint density at radius 3 is 2.88 bits per heavy atom. The van der Waals surface area contributed by atoms with Crippen LogP contribution in [-0.4, -0.2) is 17.1 Å². The lowest BCUT2D eigenvalue weighted by Gasteiger charge is -2.15. The standard InChI is InChI=1S/C11H14N4OS/c1-7-14-6-9(17-7)11(15-12)10-8(16-2)4-3-5-13-10/h3-6,11,15H,12H2,1-2H3. The highest BCUT2D eigenvalue weighted by molar-refractivity contribution is 7.11. The SMILES string of the molecule is COc1cccnc1C(NN)c1cnc(C)s1. The van der Waals surface area contributed by atoms with Crippen molar-refractivity contribution >= 4 is 11.3 Å². The topological polar surface area (TPSA) is 73.1 Å². The number of nitrogens with two attached hydrogens (primary N) is 1. The van der Waals surface area contributed by atoms with E-state index < -0.39 is 0 Å². The van der Waals surface area contributed by atoms with E-state index in [0.717, 1.165) is 15.6 Å². The molecule has 2 rings (SSSR count). The third-order valence-corrected chi connectivity index (χ3v) is 3.36. The zero-order valence-corrected chi connectivity index (χ0v) is 10.5. The van der Waals surface area contributed by atoms with Crippen molar-refractivity contribution in [3.8, 4) is 5.75 Å². The Bertz CT molecular complexity index is 500. The predicted molar refractivity (Wildman–Crippen MR) is 66.8 cm³/mol. The Balaban J connectivity index is 2.41. The van der Waals surface area contributed by atoms with Crippen LogP contribution in [-0.2, 0) is 0 Å². The quantitative estimate of drug-likeness (QED) is 0.634. The molecule has 0 saturated carbocycles. The number of aromatic nitrogens is 2. The maximum absolute atomic E-state index is 5.60. The summed E-state index contributed by atoms with van der Waals surface area (Å²) >= 11 is 1.59. The van der Waals surface area contributed by atoms with E-state index in [-0.39, 0.29) is 6.04 Å². The fourth-order valence-electron chi connectivity index (χ4n) is 1.60. The molecule has 0 saturated heterocycles. The summed E-state index contributed by atoms with van der Waals surface area (Å²) in [6.45, 7) is 1.96. The molecule has 0 bridgehead atoms. The summed E-state index contributed by atoms with van der Waals surface area (Å²) in [6, 6.07) is 3.49. The highest BCUT2D eigenvalue weighted by atomic mass is 32.1. The van der Waals surface area contributed by atoms with Gasteiger partial charge < -0.3 is 4.74 Å². The minimum Gasteiger partial charge on any atom is -0.495 e. The number of hydrogen-bond acceptors (Lipinski definition) is 6. The van der Waals surface area contributed by atoms with E-state index in [9.17, 15) is 0 Å². The third kappa shape index (κ3) is 2.44. The van der Waals surface area contributed by atoms with Crippen LogP contribution >= 0.6 is 11.3 Å². The predicted octanol–water partition coefficient (Wildman–Crippen LogP) is 1.41. The van der Waals surface area contributed by atoms with Crippen LogP contribution in [0.4, 0.5) is 0 Å². The summed E-state index contributed by atoms with van der Waals surface area (Å²) in [6.07, 6.45) is 3.52. The molecule has 1 unspecified atom stereocenters. The van der Waals surface area contributed by atoms with E-state index in [1.54, 1.807) is 30.8 Å². The molecule has 2 aromatic heterocycles. The number of pyridine rings is 1. The van der Waals surface area contributed by atoms with Crippen LogP contribution in [0.25, 0.3) is 0 Å². The normalized spacial score (nSPS) is 12.4. The molecule has 2 aromatic rings. The number of ether oxygens (including phenoxy) is 1. The van der Waals surface area contributed by atoms with Gasteiger partial charge in [0.25, 0.3) is 0 Å². The van der Waals surface area contributed by atoms with E-state index in [0.29, 0.717) is 5.75 Å². The first-order valence-corrected chi connectivity index (χ1v) is 5.95. The first kappa shape index (κ1) is 12.0. The van der Waals surface area contributed by atoms with Crippen molar-refractivity contribution in [1.82, 2.24) is 15.4 Å². The average molecular weight is 250 g/mol. The first-order valence-electron chi connectivity index (χ1n) is 5.13. The molecular formula is C11H14N4OS. The lowest BCUT2D eigenvalue weighted by atomic mass is 10.1. The van der Waals surface area contributed by atoms with E-state index in [2.05, 4.69) is 15.4 Å². The van der Waals surface area contributed by atoms with Gasteiger partial charge in [0.2, 0.25) is 0 Å². The summed E-state index contributed by atoms with van der Waals surface area (Å²) in [7, 11) is 1.62. The number of rotatable bonds is 4. The largest absolute Gasteiger partial charge is 0.495 e. The van der Waals surface area contributed by atoms with Gasteiger partial charge in [-0.15, -0.1) is 11.3 Å². The monoisotopic (exact) mass is 250 g/mol. The fraction of sp³-hybridized carbons (Fsp3) is 0.273. The number of nitrogens with zero attached hydrogens (tertiary/aromatic N) is 2. The van der Waals surface area contributed by atoms with Crippen LogP contribution in [0.15, 0.2) is 24.5 Å². The van der Waals surface area contributed by atoms with E-state index in [1.807, 2.05) is 19.1 Å². The molecule has 0 radical (unpaired) electrons. The second-order valence-electron chi connectivity index (χ2n) is 3.47. The number of hydrogen-bond donors (Lipinski definition) is 2.